The average Bonchev–Trinajstić information content (AvgIpc) is 2.88. The summed E-state index contributed by atoms with van der Waals surface area (Å²) in [5, 5.41) is 31.2. The lowest BCUT2D eigenvalue weighted by molar-refractivity contribution is -0.131. The fraction of sp³-hybridized carbons (Fsp3) is 0.167. The fourth-order valence-corrected chi connectivity index (χ4v) is 4.91. The Morgan fingerprint density at radius 1 is 0.833 bits per heavy atom. The van der Waals surface area contributed by atoms with Crippen LogP contribution in [0.15, 0.2) is 97.1 Å². The van der Waals surface area contributed by atoms with E-state index in [0.717, 1.165) is 16.8 Å². The van der Waals surface area contributed by atoms with Crippen molar-refractivity contribution in [2.75, 3.05) is 4.90 Å². The van der Waals surface area contributed by atoms with Crippen LogP contribution in [-0.4, -0.2) is 21.2 Å². The number of nitrogens with zero attached hydrogens (tertiary/aromatic N) is 1. The van der Waals surface area contributed by atoms with Crippen molar-refractivity contribution in [2.45, 2.75) is 25.0 Å². The molecule has 1 amide bonds. The molecule has 1 aliphatic rings. The van der Waals surface area contributed by atoms with Gasteiger partial charge in [-0.3, -0.25) is 4.79 Å². The highest BCUT2D eigenvalue weighted by molar-refractivity contribution is 6.03. The van der Waals surface area contributed by atoms with E-state index in [-0.39, 0.29) is 23.8 Å². The van der Waals surface area contributed by atoms with Gasteiger partial charge in [-0.05, 0) is 72.0 Å². The minimum atomic E-state index is -0.898. The number of halogens is 1. The van der Waals surface area contributed by atoms with Crippen LogP contribution >= 0.6 is 0 Å². The van der Waals surface area contributed by atoms with Crippen LogP contribution in [0, 0.1) is 11.7 Å². The Bertz CT molecular complexity index is 1370. The second kappa shape index (κ2) is 9.84. The molecule has 36 heavy (non-hydrogen) atoms. The van der Waals surface area contributed by atoms with Gasteiger partial charge < -0.3 is 20.2 Å². The molecule has 1 aliphatic heterocycles. The van der Waals surface area contributed by atoms with E-state index < -0.39 is 23.9 Å². The lowest BCUT2D eigenvalue weighted by Gasteiger charge is -2.48. The lowest BCUT2D eigenvalue weighted by atomic mass is 9.77. The minimum Gasteiger partial charge on any atom is -0.508 e. The van der Waals surface area contributed by atoms with Crippen LogP contribution in [0.5, 0.6) is 11.5 Å². The number of rotatable bonds is 7. The summed E-state index contributed by atoms with van der Waals surface area (Å²) in [6.45, 7) is 0. The van der Waals surface area contributed by atoms with Crippen molar-refractivity contribution in [3.63, 3.8) is 0 Å². The number of aliphatic hydroxyl groups is 1. The largest absolute Gasteiger partial charge is 0.508 e. The van der Waals surface area contributed by atoms with Gasteiger partial charge in [0.25, 0.3) is 0 Å². The van der Waals surface area contributed by atoms with Crippen molar-refractivity contribution in [1.29, 1.82) is 0 Å². The predicted octanol–water partition coefficient (Wildman–Crippen LogP) is 6.12. The summed E-state index contributed by atoms with van der Waals surface area (Å²) in [7, 11) is 0. The second-order valence-electron chi connectivity index (χ2n) is 9.06. The van der Waals surface area contributed by atoms with Crippen molar-refractivity contribution >= 4 is 11.6 Å². The molecule has 1 fully saturated rings. The van der Waals surface area contributed by atoms with Crippen molar-refractivity contribution in [3.05, 3.63) is 114 Å². The summed E-state index contributed by atoms with van der Waals surface area (Å²) >= 11 is 0. The third-order valence-electron chi connectivity index (χ3n) is 6.78. The third-order valence-corrected chi connectivity index (χ3v) is 6.78. The first-order chi connectivity index (χ1) is 17.4. The van der Waals surface area contributed by atoms with Crippen molar-refractivity contribution in [3.8, 4) is 22.6 Å². The molecule has 1 saturated heterocycles. The number of aromatic hydroxyl groups is 2. The fourth-order valence-electron chi connectivity index (χ4n) is 4.91. The van der Waals surface area contributed by atoms with E-state index in [1.807, 2.05) is 42.5 Å². The third kappa shape index (κ3) is 4.55. The number of β-lactam (4-membered cyclic amide) rings is 1. The van der Waals surface area contributed by atoms with Gasteiger partial charge in [0.1, 0.15) is 17.3 Å². The van der Waals surface area contributed by atoms with Crippen LogP contribution in [-0.2, 0) is 4.79 Å². The molecule has 6 heteroatoms. The molecule has 182 valence electrons. The zero-order valence-electron chi connectivity index (χ0n) is 19.5. The van der Waals surface area contributed by atoms with Gasteiger partial charge in [-0.2, -0.15) is 0 Å². The van der Waals surface area contributed by atoms with Crippen LogP contribution in [0.25, 0.3) is 11.1 Å². The normalized spacial score (nSPS) is 18.1. The minimum absolute atomic E-state index is 0.0645. The maximum Gasteiger partial charge on any atom is 0.233 e. The van der Waals surface area contributed by atoms with Gasteiger partial charge in [0.2, 0.25) is 5.91 Å². The molecule has 3 atom stereocenters. The van der Waals surface area contributed by atoms with Crippen LogP contribution in [0.1, 0.15) is 36.1 Å². The SMILES string of the molecule is O=C1[C@H](CC[C@H](O)c2cccc(F)c2)[C@@H](c2ccc(-c3ccc(O)cc3)cc2O)N1c1ccccc1. The molecule has 4 aromatic rings. The Kier molecular flexibility index (Phi) is 6.44. The molecule has 0 unspecified atom stereocenters. The zero-order chi connectivity index (χ0) is 25.2. The first-order valence-electron chi connectivity index (χ1n) is 11.9. The number of hydrogen-bond donors (Lipinski definition) is 3. The molecule has 4 aromatic carbocycles. The maximum absolute atomic E-state index is 13.6. The molecule has 1 heterocycles. The Labute approximate surface area is 208 Å². The zero-order valence-corrected chi connectivity index (χ0v) is 19.5. The monoisotopic (exact) mass is 483 g/mol. The van der Waals surface area contributed by atoms with E-state index >= 15 is 0 Å². The second-order valence-corrected chi connectivity index (χ2v) is 9.06. The van der Waals surface area contributed by atoms with Crippen LogP contribution < -0.4 is 4.90 Å². The Morgan fingerprint density at radius 2 is 1.56 bits per heavy atom. The molecule has 0 radical (unpaired) electrons. The van der Waals surface area contributed by atoms with Gasteiger partial charge in [0.05, 0.1) is 18.1 Å². The highest BCUT2D eigenvalue weighted by atomic mass is 19.1. The number of para-hydroxylation sites is 1. The standard InChI is InChI=1S/C30H26FNO4/c31-22-6-4-5-21(17-22)27(34)16-15-26-29(32(30(26)36)23-7-2-1-3-8-23)25-14-11-20(18-28(25)35)19-9-12-24(33)13-10-19/h1-14,17-18,26-27,29,33-35H,15-16H2/t26-,27+,29-/m1/s1. The number of amides is 1. The van der Waals surface area contributed by atoms with Crippen LogP contribution in [0.2, 0.25) is 0 Å². The Balaban J connectivity index is 1.43. The Morgan fingerprint density at radius 3 is 2.25 bits per heavy atom. The van der Waals surface area contributed by atoms with Gasteiger partial charge in [-0.25, -0.2) is 4.39 Å². The summed E-state index contributed by atoms with van der Waals surface area (Å²) in [4.78, 5) is 14.9. The molecular formula is C30H26FNO4. The summed E-state index contributed by atoms with van der Waals surface area (Å²) in [5.74, 6) is -0.722. The molecule has 5 rings (SSSR count). The number of hydrogen-bond acceptors (Lipinski definition) is 4. The molecule has 3 N–H and O–H groups in total. The van der Waals surface area contributed by atoms with Crippen LogP contribution in [0.4, 0.5) is 10.1 Å². The van der Waals surface area contributed by atoms with Crippen molar-refractivity contribution in [1.82, 2.24) is 0 Å². The predicted molar refractivity (Wildman–Crippen MR) is 136 cm³/mol. The highest BCUT2D eigenvalue weighted by Crippen LogP contribution is 2.49. The molecule has 0 aromatic heterocycles. The molecule has 5 nitrogen and oxygen atoms in total. The highest BCUT2D eigenvalue weighted by Gasteiger charge is 2.49. The van der Waals surface area contributed by atoms with Crippen LogP contribution in [0.3, 0.4) is 0 Å². The smallest absolute Gasteiger partial charge is 0.233 e. The maximum atomic E-state index is 13.6. The number of aliphatic hydroxyl groups excluding tert-OH is 1. The van der Waals surface area contributed by atoms with Gasteiger partial charge in [0, 0.05) is 11.3 Å². The number of phenols is 2. The summed E-state index contributed by atoms with van der Waals surface area (Å²) in [6.07, 6.45) is -0.236. The lowest BCUT2D eigenvalue weighted by Crippen LogP contribution is -2.55. The number of carbonyl (C=O) groups is 1. The van der Waals surface area contributed by atoms with E-state index in [2.05, 4.69) is 0 Å². The topological polar surface area (TPSA) is 81.0 Å². The summed E-state index contributed by atoms with van der Waals surface area (Å²) < 4.78 is 13.6. The average molecular weight is 484 g/mol. The summed E-state index contributed by atoms with van der Waals surface area (Å²) in [5.41, 5.74) is 3.45. The molecular weight excluding hydrogens is 457 g/mol. The van der Waals surface area contributed by atoms with Crippen molar-refractivity contribution in [2.24, 2.45) is 5.92 Å². The number of carbonyl (C=O) groups excluding carboxylic acids is 1. The number of anilines is 1. The molecule has 0 aliphatic carbocycles. The van der Waals surface area contributed by atoms with Gasteiger partial charge in [0.15, 0.2) is 0 Å². The number of phenolic OH excluding ortho intramolecular Hbond substituents is 2. The quantitative estimate of drug-likeness (QED) is 0.277. The first kappa shape index (κ1) is 23.6. The first-order valence-corrected chi connectivity index (χ1v) is 11.9. The van der Waals surface area contributed by atoms with E-state index in [9.17, 15) is 24.5 Å². The van der Waals surface area contributed by atoms with Gasteiger partial charge in [-0.1, -0.05) is 54.6 Å². The molecule has 0 saturated carbocycles. The molecule has 0 spiro atoms. The van der Waals surface area contributed by atoms with E-state index in [0.29, 0.717) is 17.5 Å². The van der Waals surface area contributed by atoms with E-state index in [1.54, 1.807) is 47.4 Å². The van der Waals surface area contributed by atoms with E-state index in [4.69, 9.17) is 0 Å². The van der Waals surface area contributed by atoms with Gasteiger partial charge in [-0.15, -0.1) is 0 Å². The number of benzene rings is 4. The van der Waals surface area contributed by atoms with E-state index in [1.165, 1.54) is 12.1 Å². The van der Waals surface area contributed by atoms with Crippen molar-refractivity contribution < 1.29 is 24.5 Å². The Hall–Kier alpha value is -4.16. The molecule has 0 bridgehead atoms. The summed E-state index contributed by atoms with van der Waals surface area (Å²) in [6, 6.07) is 26.8. The van der Waals surface area contributed by atoms with Gasteiger partial charge >= 0.3 is 0 Å².